The minimum absolute atomic E-state index is 0.00645. The number of nitro benzene ring substituents is 1. The van der Waals surface area contributed by atoms with Crippen LogP contribution in [-0.4, -0.2) is 46.2 Å². The predicted octanol–water partition coefficient (Wildman–Crippen LogP) is 3.17. The molecule has 0 bridgehead atoms. The molecule has 2 aliphatic carbocycles. The van der Waals surface area contributed by atoms with Gasteiger partial charge in [0, 0.05) is 43.2 Å². The molecule has 0 spiro atoms. The van der Waals surface area contributed by atoms with Crippen LogP contribution in [0.4, 0.5) is 15.8 Å². The summed E-state index contributed by atoms with van der Waals surface area (Å²) in [7, 11) is 0. The van der Waals surface area contributed by atoms with Gasteiger partial charge >= 0.3 is 5.69 Å². The molecule has 1 atom stereocenters. The van der Waals surface area contributed by atoms with Crippen molar-refractivity contribution >= 4 is 29.1 Å². The van der Waals surface area contributed by atoms with E-state index in [1.54, 1.807) is 17.0 Å². The van der Waals surface area contributed by atoms with E-state index >= 15 is 0 Å². The number of hydrogen-bond donors (Lipinski definition) is 1. The van der Waals surface area contributed by atoms with Gasteiger partial charge in [-0.3, -0.25) is 24.5 Å². The van der Waals surface area contributed by atoms with Crippen LogP contribution in [0.3, 0.4) is 0 Å². The van der Waals surface area contributed by atoms with E-state index in [1.165, 1.54) is 11.0 Å². The molecule has 5 rings (SSSR count). The Bertz CT molecular complexity index is 1190. The van der Waals surface area contributed by atoms with Crippen LogP contribution >= 0.6 is 0 Å². The van der Waals surface area contributed by atoms with Crippen molar-refractivity contribution in [2.24, 2.45) is 5.92 Å². The molecule has 182 valence electrons. The van der Waals surface area contributed by atoms with Crippen molar-refractivity contribution in [2.75, 3.05) is 11.4 Å². The van der Waals surface area contributed by atoms with Crippen molar-refractivity contribution in [1.82, 2.24) is 10.2 Å². The van der Waals surface area contributed by atoms with E-state index in [9.17, 15) is 28.9 Å². The van der Waals surface area contributed by atoms with Crippen molar-refractivity contribution in [1.29, 1.82) is 0 Å². The molecule has 2 aromatic carbocycles. The molecule has 0 aromatic heterocycles. The molecule has 1 unspecified atom stereocenters. The Balaban J connectivity index is 1.27. The van der Waals surface area contributed by atoms with Crippen molar-refractivity contribution in [3.05, 3.63) is 69.5 Å². The number of halogens is 1. The molecule has 1 aliphatic heterocycles. The van der Waals surface area contributed by atoms with Gasteiger partial charge in [-0.2, -0.15) is 4.39 Å². The SMILES string of the molecule is O=C(NC1CC1)c1ccc(CN(C(=O)C2CC(=O)N(c3ccc(F)c([N+](=O)[O-])c3)C2)C2CC2)cc1. The maximum atomic E-state index is 13.7. The zero-order valence-electron chi connectivity index (χ0n) is 19.0. The molecule has 0 radical (unpaired) electrons. The smallest absolute Gasteiger partial charge is 0.306 e. The lowest BCUT2D eigenvalue weighted by molar-refractivity contribution is -0.387. The second-order valence-electron chi connectivity index (χ2n) is 9.44. The van der Waals surface area contributed by atoms with Gasteiger partial charge in [-0.15, -0.1) is 0 Å². The predicted molar refractivity (Wildman–Crippen MR) is 124 cm³/mol. The van der Waals surface area contributed by atoms with Gasteiger partial charge in [0.25, 0.3) is 5.91 Å². The Morgan fingerprint density at radius 3 is 2.46 bits per heavy atom. The summed E-state index contributed by atoms with van der Waals surface area (Å²) < 4.78 is 13.7. The van der Waals surface area contributed by atoms with E-state index in [2.05, 4.69) is 5.32 Å². The highest BCUT2D eigenvalue weighted by Gasteiger charge is 2.41. The third-order valence-electron chi connectivity index (χ3n) is 6.66. The Kier molecular flexibility index (Phi) is 5.96. The van der Waals surface area contributed by atoms with Gasteiger partial charge in [-0.1, -0.05) is 12.1 Å². The first-order chi connectivity index (χ1) is 16.8. The van der Waals surface area contributed by atoms with Gasteiger partial charge in [0.2, 0.25) is 17.6 Å². The number of hydrogen-bond acceptors (Lipinski definition) is 5. The molecule has 2 aromatic rings. The first kappa shape index (κ1) is 22.9. The van der Waals surface area contributed by atoms with Gasteiger partial charge in [0.1, 0.15) is 0 Å². The third-order valence-corrected chi connectivity index (χ3v) is 6.66. The normalized spacial score (nSPS) is 19.5. The van der Waals surface area contributed by atoms with Gasteiger partial charge < -0.3 is 15.1 Å². The molecule has 3 fully saturated rings. The number of nitrogens with one attached hydrogen (secondary N) is 1. The summed E-state index contributed by atoms with van der Waals surface area (Å²) in [5.41, 5.74) is 0.967. The van der Waals surface area contributed by atoms with Gasteiger partial charge in [-0.25, -0.2) is 0 Å². The van der Waals surface area contributed by atoms with E-state index in [0.717, 1.165) is 43.4 Å². The molecule has 3 amide bonds. The Morgan fingerprint density at radius 2 is 1.83 bits per heavy atom. The maximum Gasteiger partial charge on any atom is 0.306 e. The fraction of sp³-hybridized carbons (Fsp3) is 0.400. The van der Waals surface area contributed by atoms with Gasteiger partial charge in [0.05, 0.1) is 16.5 Å². The number of amides is 3. The topological polar surface area (TPSA) is 113 Å². The maximum absolute atomic E-state index is 13.7. The van der Waals surface area contributed by atoms with Crippen LogP contribution in [0.1, 0.15) is 48.0 Å². The average molecular weight is 480 g/mol. The lowest BCUT2D eigenvalue weighted by Crippen LogP contribution is -2.38. The molecule has 10 heteroatoms. The quantitative estimate of drug-likeness (QED) is 0.461. The van der Waals surface area contributed by atoms with Gasteiger partial charge in [-0.05, 0) is 55.5 Å². The van der Waals surface area contributed by atoms with Crippen LogP contribution in [0, 0.1) is 21.8 Å². The number of carbonyl (C=O) groups is 3. The minimum Gasteiger partial charge on any atom is -0.349 e. The van der Waals surface area contributed by atoms with Crippen molar-refractivity contribution in [2.45, 2.75) is 50.7 Å². The second kappa shape index (κ2) is 9.09. The second-order valence-corrected chi connectivity index (χ2v) is 9.44. The van der Waals surface area contributed by atoms with Gasteiger partial charge in [0.15, 0.2) is 0 Å². The summed E-state index contributed by atoms with van der Waals surface area (Å²) in [4.78, 5) is 51.6. The average Bonchev–Trinajstić information content (AvgIpc) is 3.77. The van der Waals surface area contributed by atoms with Crippen molar-refractivity contribution < 1.29 is 23.7 Å². The molecule has 1 heterocycles. The lowest BCUT2D eigenvalue weighted by atomic mass is 10.1. The Morgan fingerprint density at radius 1 is 1.11 bits per heavy atom. The number of nitrogens with zero attached hydrogens (tertiary/aromatic N) is 3. The number of rotatable bonds is 8. The van der Waals surface area contributed by atoms with E-state index in [1.807, 2.05) is 12.1 Å². The van der Waals surface area contributed by atoms with Crippen molar-refractivity contribution in [3.63, 3.8) is 0 Å². The Hall–Kier alpha value is -3.82. The zero-order chi connectivity index (χ0) is 24.7. The molecule has 1 saturated heterocycles. The zero-order valence-corrected chi connectivity index (χ0v) is 19.0. The van der Waals surface area contributed by atoms with Crippen LogP contribution in [0.2, 0.25) is 0 Å². The highest BCUT2D eigenvalue weighted by Crippen LogP contribution is 2.34. The first-order valence-electron chi connectivity index (χ1n) is 11.7. The van der Waals surface area contributed by atoms with E-state index in [0.29, 0.717) is 12.1 Å². The molecule has 1 N–H and O–H groups in total. The summed E-state index contributed by atoms with van der Waals surface area (Å²) in [5, 5.41) is 14.0. The monoisotopic (exact) mass is 480 g/mol. The van der Waals surface area contributed by atoms with Crippen molar-refractivity contribution in [3.8, 4) is 0 Å². The number of nitro groups is 1. The van der Waals surface area contributed by atoms with Crippen LogP contribution in [0.5, 0.6) is 0 Å². The molecule has 2 saturated carbocycles. The summed E-state index contributed by atoms with van der Waals surface area (Å²) in [6, 6.07) is 10.9. The highest BCUT2D eigenvalue weighted by molar-refractivity contribution is 6.00. The number of benzene rings is 2. The fourth-order valence-electron chi connectivity index (χ4n) is 4.39. The minimum atomic E-state index is -0.978. The van der Waals surface area contributed by atoms with Crippen LogP contribution in [-0.2, 0) is 16.1 Å². The first-order valence-corrected chi connectivity index (χ1v) is 11.7. The number of carbonyl (C=O) groups excluding carboxylic acids is 3. The summed E-state index contributed by atoms with van der Waals surface area (Å²) in [5.74, 6) is -2.13. The highest BCUT2D eigenvalue weighted by atomic mass is 19.1. The summed E-state index contributed by atoms with van der Waals surface area (Å²) in [6.07, 6.45) is 3.81. The molecule has 35 heavy (non-hydrogen) atoms. The Labute approximate surface area is 201 Å². The molecule has 3 aliphatic rings. The third kappa shape index (κ3) is 5.01. The van der Waals surface area contributed by atoms with Crippen LogP contribution in [0.15, 0.2) is 42.5 Å². The number of anilines is 1. The molecular weight excluding hydrogens is 455 g/mol. The largest absolute Gasteiger partial charge is 0.349 e. The van der Waals surface area contributed by atoms with E-state index in [4.69, 9.17) is 0 Å². The molecule has 9 nitrogen and oxygen atoms in total. The van der Waals surface area contributed by atoms with E-state index < -0.39 is 22.3 Å². The fourth-order valence-corrected chi connectivity index (χ4v) is 4.39. The molecular formula is C25H25FN4O5. The van der Waals surface area contributed by atoms with Crippen LogP contribution < -0.4 is 10.2 Å². The van der Waals surface area contributed by atoms with E-state index in [-0.39, 0.29) is 48.5 Å². The van der Waals surface area contributed by atoms with Crippen LogP contribution in [0.25, 0.3) is 0 Å². The summed E-state index contributed by atoms with van der Waals surface area (Å²) >= 11 is 0. The summed E-state index contributed by atoms with van der Waals surface area (Å²) in [6.45, 7) is 0.463. The lowest BCUT2D eigenvalue weighted by Gasteiger charge is -2.26. The standard InChI is InChI=1S/C25H25FN4O5/c26-21-10-9-20(12-22(21)30(34)35)28-14-17(11-23(28)31)25(33)29(19-7-8-19)13-15-1-3-16(4-2-15)24(32)27-18-5-6-18/h1-4,9-10,12,17-19H,5-8,11,13-14H2,(H,27,32).